The zero-order valence-corrected chi connectivity index (χ0v) is 27.6. The highest BCUT2D eigenvalue weighted by atomic mass is 16.5. The lowest BCUT2D eigenvalue weighted by molar-refractivity contribution is -0.145. The van der Waals surface area contributed by atoms with Gasteiger partial charge in [-0.05, 0) is 30.7 Å². The van der Waals surface area contributed by atoms with Gasteiger partial charge in [-0.25, -0.2) is 9.79 Å². The standard InChI is InChI=1S/C25H31N5O4.C4H10.C3H8.C2H6/c1-4-5-6-7-18(2)8-9-19-10-12-20(13-11-19)16-21(24(33)34-3)30-22(31)14-15-28-23(32)17-29-25(26)27;1-3-4-2;1-3-2;1-2/h4-7,10-13,21H,2,14-17H2,1,3H3,(H,28,32)(H,30,31)(H4,26,27,29);3-4H2,1-2H3;3H2,1-2H3;1-2H3/b5-4-,7-6-;;;. The number of allylic oxidation sites excluding steroid dienone is 5. The summed E-state index contributed by atoms with van der Waals surface area (Å²) in [5, 5.41) is 5.15. The number of nitrogens with one attached hydrogen (secondary N) is 2. The van der Waals surface area contributed by atoms with Gasteiger partial charge in [-0.15, -0.1) is 0 Å². The normalized spacial score (nSPS) is 10.1. The maximum atomic E-state index is 12.2. The molecule has 0 aromatic heterocycles. The Morgan fingerprint density at radius 2 is 1.60 bits per heavy atom. The third kappa shape index (κ3) is 27.6. The van der Waals surface area contributed by atoms with Crippen molar-refractivity contribution in [3.05, 3.63) is 71.8 Å². The van der Waals surface area contributed by atoms with Crippen LogP contribution in [0.4, 0.5) is 0 Å². The van der Waals surface area contributed by atoms with E-state index in [1.165, 1.54) is 26.4 Å². The number of carbonyl (C=O) groups excluding carboxylic acids is 3. The quantitative estimate of drug-likeness (QED) is 0.0880. The molecule has 0 heterocycles. The van der Waals surface area contributed by atoms with Crippen molar-refractivity contribution < 1.29 is 19.1 Å². The molecule has 0 aliphatic heterocycles. The predicted octanol–water partition coefficient (Wildman–Crippen LogP) is 4.96. The minimum atomic E-state index is -0.872. The molecule has 0 saturated carbocycles. The predicted molar refractivity (Wildman–Crippen MR) is 180 cm³/mol. The molecule has 1 unspecified atom stereocenters. The monoisotopic (exact) mass is 597 g/mol. The van der Waals surface area contributed by atoms with Crippen molar-refractivity contribution in [2.45, 2.75) is 86.6 Å². The molecule has 0 spiro atoms. The Morgan fingerprint density at radius 3 is 2.09 bits per heavy atom. The van der Waals surface area contributed by atoms with Crippen LogP contribution in [0.1, 0.15) is 85.3 Å². The fourth-order valence-electron chi connectivity index (χ4n) is 2.57. The summed E-state index contributed by atoms with van der Waals surface area (Å²) in [5.41, 5.74) is 12.6. The van der Waals surface area contributed by atoms with Gasteiger partial charge >= 0.3 is 5.97 Å². The maximum absolute atomic E-state index is 12.2. The van der Waals surface area contributed by atoms with E-state index in [9.17, 15) is 14.4 Å². The van der Waals surface area contributed by atoms with Gasteiger partial charge in [0.1, 0.15) is 12.6 Å². The molecule has 1 atom stereocenters. The molecule has 1 aromatic rings. The number of rotatable bonds is 12. The zero-order chi connectivity index (χ0) is 33.5. The number of aliphatic imine (C=N–C) groups is 1. The van der Waals surface area contributed by atoms with Crippen molar-refractivity contribution in [3.8, 4) is 11.8 Å². The highest BCUT2D eigenvalue weighted by Gasteiger charge is 2.21. The van der Waals surface area contributed by atoms with Gasteiger partial charge in [0.25, 0.3) is 0 Å². The van der Waals surface area contributed by atoms with Crippen LogP contribution in [0.25, 0.3) is 0 Å². The molecule has 9 heteroatoms. The van der Waals surface area contributed by atoms with Gasteiger partial charge in [-0.3, -0.25) is 9.59 Å². The lowest BCUT2D eigenvalue weighted by Gasteiger charge is -2.17. The molecule has 0 aliphatic carbocycles. The number of methoxy groups -OCH3 is 1. The van der Waals surface area contributed by atoms with Gasteiger partial charge in [-0.2, -0.15) is 0 Å². The number of hydrogen-bond acceptors (Lipinski definition) is 5. The van der Waals surface area contributed by atoms with Crippen LogP contribution in [0.15, 0.2) is 65.7 Å². The maximum Gasteiger partial charge on any atom is 0.328 e. The highest BCUT2D eigenvalue weighted by molar-refractivity contribution is 5.86. The summed E-state index contributed by atoms with van der Waals surface area (Å²) in [6.07, 6.45) is 11.6. The van der Waals surface area contributed by atoms with Crippen molar-refractivity contribution in [1.29, 1.82) is 0 Å². The van der Waals surface area contributed by atoms with Crippen LogP contribution >= 0.6 is 0 Å². The second-order valence-electron chi connectivity index (χ2n) is 8.75. The summed E-state index contributed by atoms with van der Waals surface area (Å²) >= 11 is 0. The van der Waals surface area contributed by atoms with E-state index in [0.29, 0.717) is 5.57 Å². The summed E-state index contributed by atoms with van der Waals surface area (Å²) in [5.74, 6) is 4.38. The minimum Gasteiger partial charge on any atom is -0.467 e. The number of unbranched alkanes of at least 4 members (excludes halogenated alkanes) is 1. The number of carbonyl (C=O) groups is 3. The zero-order valence-electron chi connectivity index (χ0n) is 27.6. The van der Waals surface area contributed by atoms with Crippen molar-refractivity contribution in [3.63, 3.8) is 0 Å². The van der Waals surface area contributed by atoms with E-state index in [4.69, 9.17) is 16.2 Å². The Bertz CT molecular complexity index is 1060. The molecule has 0 aliphatic rings. The van der Waals surface area contributed by atoms with E-state index in [1.54, 1.807) is 0 Å². The molecule has 6 N–H and O–H groups in total. The third-order valence-electron chi connectivity index (χ3n) is 4.76. The number of amides is 2. The molecular formula is C34H55N5O4. The molecule has 9 nitrogen and oxygen atoms in total. The van der Waals surface area contributed by atoms with E-state index < -0.39 is 23.8 Å². The van der Waals surface area contributed by atoms with Crippen LogP contribution in [0.2, 0.25) is 0 Å². The number of hydrogen-bond donors (Lipinski definition) is 4. The summed E-state index contributed by atoms with van der Waals surface area (Å²) in [7, 11) is 1.25. The molecule has 43 heavy (non-hydrogen) atoms. The van der Waals surface area contributed by atoms with Gasteiger partial charge < -0.3 is 26.8 Å². The number of ether oxygens (including phenoxy) is 1. The second kappa shape index (κ2) is 30.6. The van der Waals surface area contributed by atoms with Crippen molar-refractivity contribution in [1.82, 2.24) is 10.6 Å². The number of nitrogens with two attached hydrogens (primary N) is 2. The van der Waals surface area contributed by atoms with Gasteiger partial charge in [0.15, 0.2) is 5.96 Å². The molecule has 0 bridgehead atoms. The Labute approximate surface area is 260 Å². The fourth-order valence-corrected chi connectivity index (χ4v) is 2.57. The molecule has 2 amide bonds. The Kier molecular flexibility index (Phi) is 30.7. The molecule has 0 saturated heterocycles. The number of esters is 1. The van der Waals surface area contributed by atoms with Crippen LogP contribution in [0, 0.1) is 11.8 Å². The summed E-state index contributed by atoms with van der Waals surface area (Å²) in [6.45, 7) is 18.3. The van der Waals surface area contributed by atoms with E-state index >= 15 is 0 Å². The van der Waals surface area contributed by atoms with Crippen molar-refractivity contribution in [2.24, 2.45) is 16.5 Å². The lowest BCUT2D eigenvalue weighted by atomic mass is 10.0. The molecule has 240 valence electrons. The first-order valence-electron chi connectivity index (χ1n) is 14.9. The Balaban J connectivity index is -0.00000157. The number of nitrogens with zero attached hydrogens (tertiary/aromatic N) is 1. The molecule has 0 radical (unpaired) electrons. The molecule has 0 fully saturated rings. The molecular weight excluding hydrogens is 542 g/mol. The summed E-state index contributed by atoms with van der Waals surface area (Å²) < 4.78 is 4.81. The summed E-state index contributed by atoms with van der Waals surface area (Å²) in [6, 6.07) is 6.44. The first-order chi connectivity index (χ1) is 20.6. The average Bonchev–Trinajstić information content (AvgIpc) is 3.00. The number of guanidine groups is 1. The van der Waals surface area contributed by atoms with Crippen LogP contribution in [0.5, 0.6) is 0 Å². The van der Waals surface area contributed by atoms with Crippen LogP contribution in [0.3, 0.4) is 0 Å². The minimum absolute atomic E-state index is 0.0258. The largest absolute Gasteiger partial charge is 0.467 e. The fraction of sp³-hybridized carbons (Fsp3) is 0.471. The van der Waals surface area contributed by atoms with E-state index in [0.717, 1.165) is 11.1 Å². The third-order valence-corrected chi connectivity index (χ3v) is 4.76. The number of benzene rings is 1. The van der Waals surface area contributed by atoms with E-state index in [1.807, 2.05) is 69.3 Å². The van der Waals surface area contributed by atoms with Crippen molar-refractivity contribution >= 4 is 23.7 Å². The summed E-state index contributed by atoms with van der Waals surface area (Å²) in [4.78, 5) is 39.5. The first-order valence-corrected chi connectivity index (χ1v) is 14.9. The molecule has 1 rings (SSSR count). The van der Waals surface area contributed by atoms with Gasteiger partial charge in [-0.1, -0.05) is 110 Å². The SMILES string of the molecule is C=C(C#Cc1ccc(CC(NC(=O)CCNC(=O)CN=C(N)N)C(=O)OC)cc1)/C=C\C=C/C.CC.CCC.CCCC. The highest BCUT2D eigenvalue weighted by Crippen LogP contribution is 2.08. The Morgan fingerprint density at radius 1 is 1.02 bits per heavy atom. The van der Waals surface area contributed by atoms with E-state index in [2.05, 4.69) is 61.7 Å². The van der Waals surface area contributed by atoms with Crippen LogP contribution in [-0.2, 0) is 25.5 Å². The van der Waals surface area contributed by atoms with Crippen LogP contribution in [-0.4, -0.2) is 50.0 Å². The van der Waals surface area contributed by atoms with Gasteiger partial charge in [0.05, 0.1) is 7.11 Å². The van der Waals surface area contributed by atoms with Crippen LogP contribution < -0.4 is 22.1 Å². The van der Waals surface area contributed by atoms with Crippen molar-refractivity contribution in [2.75, 3.05) is 20.2 Å². The van der Waals surface area contributed by atoms with Gasteiger partial charge in [0, 0.05) is 30.5 Å². The second-order valence-corrected chi connectivity index (χ2v) is 8.75. The molecule has 1 aromatic carbocycles. The topological polar surface area (TPSA) is 149 Å². The first kappa shape index (κ1) is 43.1. The Hall–Kier alpha value is -4.32. The lowest BCUT2D eigenvalue weighted by Crippen LogP contribution is -2.44. The van der Waals surface area contributed by atoms with Gasteiger partial charge in [0.2, 0.25) is 11.8 Å². The smallest absolute Gasteiger partial charge is 0.328 e. The van der Waals surface area contributed by atoms with E-state index in [-0.39, 0.29) is 31.9 Å². The average molecular weight is 598 g/mol.